The lowest BCUT2D eigenvalue weighted by molar-refractivity contribution is -0.135. The summed E-state index contributed by atoms with van der Waals surface area (Å²) in [7, 11) is 0. The van der Waals surface area contributed by atoms with Crippen molar-refractivity contribution in [1.82, 2.24) is 0 Å². The first kappa shape index (κ1) is 11.7. The number of hydrogen-bond donors (Lipinski definition) is 1. The number of carbonyl (C=O) groups is 1. The van der Waals surface area contributed by atoms with E-state index >= 15 is 0 Å². The second-order valence-electron chi connectivity index (χ2n) is 4.53. The van der Waals surface area contributed by atoms with Crippen molar-refractivity contribution in [3.63, 3.8) is 0 Å². The summed E-state index contributed by atoms with van der Waals surface area (Å²) in [4.78, 5) is 13.9. The number of anilines is 1. The Kier molecular flexibility index (Phi) is 2.68. The molecule has 1 atom stereocenters. The first-order chi connectivity index (χ1) is 8.02. The van der Waals surface area contributed by atoms with E-state index in [2.05, 4.69) is 5.92 Å². The van der Waals surface area contributed by atoms with Gasteiger partial charge in [0.15, 0.2) is 5.60 Å². The number of hydrogen-bond acceptors (Lipinski definition) is 2. The summed E-state index contributed by atoms with van der Waals surface area (Å²) in [6, 6.07) is 7.24. The SMILES string of the molecule is C#CCC1(O)C(=O)N(C(C)C)c2ccccc21. The zero-order valence-electron chi connectivity index (χ0n) is 9.97. The molecule has 1 aliphatic rings. The summed E-state index contributed by atoms with van der Waals surface area (Å²) < 4.78 is 0. The topological polar surface area (TPSA) is 40.5 Å². The summed E-state index contributed by atoms with van der Waals surface area (Å²) >= 11 is 0. The van der Waals surface area contributed by atoms with Gasteiger partial charge in [-0.2, -0.15) is 0 Å². The molecule has 1 aliphatic heterocycles. The summed E-state index contributed by atoms with van der Waals surface area (Å²) in [5.74, 6) is 2.06. The Labute approximate surface area is 101 Å². The van der Waals surface area contributed by atoms with Crippen molar-refractivity contribution in [1.29, 1.82) is 0 Å². The van der Waals surface area contributed by atoms with Crippen LogP contribution in [-0.2, 0) is 10.4 Å². The zero-order valence-corrected chi connectivity index (χ0v) is 9.97. The van der Waals surface area contributed by atoms with Gasteiger partial charge in [-0.1, -0.05) is 18.2 Å². The molecule has 0 radical (unpaired) electrons. The number of terminal acetylenes is 1. The van der Waals surface area contributed by atoms with Gasteiger partial charge in [0.2, 0.25) is 0 Å². The van der Waals surface area contributed by atoms with E-state index in [-0.39, 0.29) is 18.4 Å². The van der Waals surface area contributed by atoms with E-state index in [1.54, 1.807) is 17.0 Å². The minimum Gasteiger partial charge on any atom is -0.374 e. The van der Waals surface area contributed by atoms with Crippen LogP contribution in [0, 0.1) is 12.3 Å². The van der Waals surface area contributed by atoms with Gasteiger partial charge in [0, 0.05) is 11.6 Å². The van der Waals surface area contributed by atoms with Gasteiger partial charge in [-0.25, -0.2) is 0 Å². The van der Waals surface area contributed by atoms with E-state index in [0.29, 0.717) is 5.56 Å². The number of para-hydroxylation sites is 1. The molecule has 0 saturated heterocycles. The highest BCUT2D eigenvalue weighted by atomic mass is 16.3. The molecular formula is C14H15NO2. The first-order valence-corrected chi connectivity index (χ1v) is 5.61. The molecule has 0 saturated carbocycles. The molecule has 1 aromatic carbocycles. The largest absolute Gasteiger partial charge is 0.374 e. The number of nitrogens with zero attached hydrogens (tertiary/aromatic N) is 1. The molecule has 0 aliphatic carbocycles. The van der Waals surface area contributed by atoms with Crippen LogP contribution in [0.15, 0.2) is 24.3 Å². The van der Waals surface area contributed by atoms with Gasteiger partial charge in [-0.05, 0) is 19.9 Å². The maximum absolute atomic E-state index is 12.3. The molecule has 1 amide bonds. The lowest BCUT2D eigenvalue weighted by Crippen LogP contribution is -2.43. The highest BCUT2D eigenvalue weighted by Crippen LogP contribution is 2.42. The molecule has 88 valence electrons. The van der Waals surface area contributed by atoms with Crippen LogP contribution >= 0.6 is 0 Å². The molecular weight excluding hydrogens is 214 g/mol. The van der Waals surface area contributed by atoms with Gasteiger partial charge in [0.05, 0.1) is 12.1 Å². The Morgan fingerprint density at radius 3 is 2.71 bits per heavy atom. The van der Waals surface area contributed by atoms with E-state index in [9.17, 15) is 9.90 Å². The second-order valence-corrected chi connectivity index (χ2v) is 4.53. The van der Waals surface area contributed by atoms with Gasteiger partial charge in [-0.15, -0.1) is 12.3 Å². The lowest BCUT2D eigenvalue weighted by atomic mass is 9.92. The van der Waals surface area contributed by atoms with E-state index in [4.69, 9.17) is 6.42 Å². The van der Waals surface area contributed by atoms with E-state index in [0.717, 1.165) is 5.69 Å². The molecule has 1 heterocycles. The van der Waals surface area contributed by atoms with Crippen LogP contribution in [0.3, 0.4) is 0 Å². The van der Waals surface area contributed by atoms with Crippen molar-refractivity contribution in [2.24, 2.45) is 0 Å². The number of carbonyl (C=O) groups excluding carboxylic acids is 1. The van der Waals surface area contributed by atoms with Crippen molar-refractivity contribution in [3.05, 3.63) is 29.8 Å². The number of aliphatic hydroxyl groups is 1. The maximum Gasteiger partial charge on any atom is 0.264 e. The molecule has 0 fully saturated rings. The van der Waals surface area contributed by atoms with Crippen LogP contribution in [0.4, 0.5) is 5.69 Å². The normalized spacial score (nSPS) is 22.8. The average molecular weight is 229 g/mol. The molecule has 1 unspecified atom stereocenters. The predicted molar refractivity (Wildman–Crippen MR) is 66.4 cm³/mol. The molecule has 2 rings (SSSR count). The van der Waals surface area contributed by atoms with Crippen LogP contribution < -0.4 is 4.90 Å². The zero-order chi connectivity index (χ0) is 12.6. The third-order valence-electron chi connectivity index (χ3n) is 3.06. The second kappa shape index (κ2) is 3.90. The average Bonchev–Trinajstić information content (AvgIpc) is 2.50. The fourth-order valence-corrected chi connectivity index (χ4v) is 2.29. The Balaban J connectivity index is 2.61. The smallest absolute Gasteiger partial charge is 0.264 e. The Bertz CT molecular complexity index is 501. The monoisotopic (exact) mass is 229 g/mol. The Hall–Kier alpha value is -1.79. The minimum atomic E-state index is -1.56. The van der Waals surface area contributed by atoms with Gasteiger partial charge in [0.1, 0.15) is 0 Å². The maximum atomic E-state index is 12.3. The summed E-state index contributed by atoms with van der Waals surface area (Å²) in [6.45, 7) is 3.83. The van der Waals surface area contributed by atoms with E-state index in [1.165, 1.54) is 0 Å². The van der Waals surface area contributed by atoms with Crippen LogP contribution in [0.2, 0.25) is 0 Å². The van der Waals surface area contributed by atoms with Crippen molar-refractivity contribution >= 4 is 11.6 Å². The molecule has 17 heavy (non-hydrogen) atoms. The van der Waals surface area contributed by atoms with E-state index < -0.39 is 5.60 Å². The van der Waals surface area contributed by atoms with Gasteiger partial charge in [-0.3, -0.25) is 4.79 Å². The van der Waals surface area contributed by atoms with Crippen LogP contribution in [0.25, 0.3) is 0 Å². The van der Waals surface area contributed by atoms with Crippen LogP contribution in [0.5, 0.6) is 0 Å². The lowest BCUT2D eigenvalue weighted by Gasteiger charge is -2.24. The quantitative estimate of drug-likeness (QED) is 0.783. The number of fused-ring (bicyclic) bond motifs is 1. The Morgan fingerprint density at radius 1 is 1.47 bits per heavy atom. The number of benzene rings is 1. The molecule has 0 aromatic heterocycles. The van der Waals surface area contributed by atoms with Crippen molar-refractivity contribution in [2.75, 3.05) is 4.90 Å². The summed E-state index contributed by atoms with van der Waals surface area (Å²) in [6.07, 6.45) is 5.26. The Morgan fingerprint density at radius 2 is 2.12 bits per heavy atom. The number of rotatable bonds is 2. The predicted octanol–water partition coefficient (Wildman–Crippen LogP) is 1.65. The van der Waals surface area contributed by atoms with E-state index in [1.807, 2.05) is 26.0 Å². The van der Waals surface area contributed by atoms with Crippen molar-refractivity contribution in [2.45, 2.75) is 31.9 Å². The van der Waals surface area contributed by atoms with Gasteiger partial charge < -0.3 is 10.0 Å². The fourth-order valence-electron chi connectivity index (χ4n) is 2.29. The third-order valence-corrected chi connectivity index (χ3v) is 3.06. The summed E-state index contributed by atoms with van der Waals surface area (Å²) in [5, 5.41) is 10.5. The summed E-state index contributed by atoms with van der Waals surface area (Å²) in [5.41, 5.74) is -0.197. The third kappa shape index (κ3) is 1.53. The van der Waals surface area contributed by atoms with Gasteiger partial charge >= 0.3 is 0 Å². The van der Waals surface area contributed by atoms with Crippen LogP contribution in [-0.4, -0.2) is 17.1 Å². The van der Waals surface area contributed by atoms with Crippen molar-refractivity contribution < 1.29 is 9.90 Å². The number of amides is 1. The fraction of sp³-hybridized carbons (Fsp3) is 0.357. The van der Waals surface area contributed by atoms with Gasteiger partial charge in [0.25, 0.3) is 5.91 Å². The van der Waals surface area contributed by atoms with Crippen molar-refractivity contribution in [3.8, 4) is 12.3 Å². The van der Waals surface area contributed by atoms with Crippen LogP contribution in [0.1, 0.15) is 25.8 Å². The molecule has 3 heteroatoms. The minimum absolute atomic E-state index is 0.00421. The highest BCUT2D eigenvalue weighted by molar-refractivity contribution is 6.07. The molecule has 0 bridgehead atoms. The highest BCUT2D eigenvalue weighted by Gasteiger charge is 2.49. The standard InChI is InChI=1S/C14H15NO2/c1-4-9-14(17)11-7-5-6-8-12(11)15(10(2)3)13(14)16/h1,5-8,10,17H,9H2,2-3H3. The first-order valence-electron chi connectivity index (χ1n) is 5.61. The molecule has 0 spiro atoms. The molecule has 1 N–H and O–H groups in total. The molecule has 1 aromatic rings. The molecule has 3 nitrogen and oxygen atoms in total.